The van der Waals surface area contributed by atoms with E-state index >= 15 is 0 Å². The van der Waals surface area contributed by atoms with Crippen molar-refractivity contribution in [3.05, 3.63) is 12.5 Å². The first-order valence-corrected chi connectivity index (χ1v) is 6.29. The molecule has 0 aliphatic carbocycles. The van der Waals surface area contributed by atoms with E-state index in [0.29, 0.717) is 6.10 Å². The van der Waals surface area contributed by atoms with Crippen LogP contribution in [0.4, 0.5) is 5.82 Å². The Hall–Kier alpha value is -1.69. The van der Waals surface area contributed by atoms with Crippen molar-refractivity contribution < 1.29 is 4.74 Å². The fourth-order valence-corrected chi connectivity index (χ4v) is 2.36. The van der Waals surface area contributed by atoms with Crippen molar-refractivity contribution in [2.24, 2.45) is 7.05 Å². The maximum Gasteiger partial charge on any atom is 0.163 e. The average molecular weight is 247 g/mol. The second-order valence-electron chi connectivity index (χ2n) is 4.55. The van der Waals surface area contributed by atoms with E-state index in [-0.39, 0.29) is 0 Å². The third kappa shape index (κ3) is 1.82. The van der Waals surface area contributed by atoms with E-state index in [1.54, 1.807) is 11.0 Å². The van der Waals surface area contributed by atoms with Crippen LogP contribution in [-0.4, -0.2) is 45.5 Å². The van der Waals surface area contributed by atoms with Gasteiger partial charge in [0.1, 0.15) is 12.1 Å². The van der Waals surface area contributed by atoms with E-state index in [2.05, 4.69) is 26.9 Å². The summed E-state index contributed by atoms with van der Waals surface area (Å²) in [6.07, 6.45) is 4.76. The van der Waals surface area contributed by atoms with Crippen molar-refractivity contribution >= 4 is 16.9 Å². The lowest BCUT2D eigenvalue weighted by Gasteiger charge is -2.33. The molecule has 18 heavy (non-hydrogen) atoms. The molecule has 2 aromatic heterocycles. The van der Waals surface area contributed by atoms with Gasteiger partial charge in [-0.15, -0.1) is 0 Å². The summed E-state index contributed by atoms with van der Waals surface area (Å²) in [5, 5.41) is 5.26. The molecule has 0 saturated carbocycles. The molecule has 0 aromatic carbocycles. The van der Waals surface area contributed by atoms with Gasteiger partial charge in [-0.1, -0.05) is 6.92 Å². The summed E-state index contributed by atoms with van der Waals surface area (Å²) < 4.78 is 7.47. The van der Waals surface area contributed by atoms with Crippen molar-refractivity contribution in [3.63, 3.8) is 0 Å². The van der Waals surface area contributed by atoms with Crippen molar-refractivity contribution in [1.82, 2.24) is 19.7 Å². The molecule has 1 atom stereocenters. The number of fused-ring (bicyclic) bond motifs is 1. The molecule has 1 aliphatic rings. The normalized spacial score (nSPS) is 20.6. The van der Waals surface area contributed by atoms with Crippen LogP contribution < -0.4 is 4.90 Å². The van der Waals surface area contributed by atoms with Gasteiger partial charge >= 0.3 is 0 Å². The summed E-state index contributed by atoms with van der Waals surface area (Å²) in [5.74, 6) is 0.967. The van der Waals surface area contributed by atoms with Gasteiger partial charge in [0.25, 0.3) is 0 Å². The van der Waals surface area contributed by atoms with Crippen LogP contribution >= 0.6 is 0 Å². The Labute approximate surface area is 106 Å². The quantitative estimate of drug-likeness (QED) is 0.791. The molecule has 1 unspecified atom stereocenters. The number of aryl methyl sites for hydroxylation is 1. The lowest BCUT2D eigenvalue weighted by atomic mass is 10.2. The zero-order chi connectivity index (χ0) is 12.5. The van der Waals surface area contributed by atoms with Gasteiger partial charge in [0.15, 0.2) is 5.65 Å². The Morgan fingerprint density at radius 1 is 1.44 bits per heavy atom. The molecular weight excluding hydrogens is 230 g/mol. The number of hydrogen-bond donors (Lipinski definition) is 0. The first-order chi connectivity index (χ1) is 8.79. The first-order valence-electron chi connectivity index (χ1n) is 6.29. The van der Waals surface area contributed by atoms with Gasteiger partial charge in [-0.05, 0) is 6.42 Å². The molecule has 0 spiro atoms. The van der Waals surface area contributed by atoms with Crippen LogP contribution in [0, 0.1) is 0 Å². The monoisotopic (exact) mass is 247 g/mol. The van der Waals surface area contributed by atoms with Gasteiger partial charge in [-0.3, -0.25) is 4.68 Å². The Morgan fingerprint density at radius 2 is 2.33 bits per heavy atom. The number of nitrogens with zero attached hydrogens (tertiary/aromatic N) is 5. The molecule has 1 fully saturated rings. The van der Waals surface area contributed by atoms with Crippen LogP contribution in [0.2, 0.25) is 0 Å². The second-order valence-corrected chi connectivity index (χ2v) is 4.55. The molecule has 0 N–H and O–H groups in total. The molecule has 0 amide bonds. The van der Waals surface area contributed by atoms with E-state index < -0.39 is 0 Å². The fourth-order valence-electron chi connectivity index (χ4n) is 2.36. The van der Waals surface area contributed by atoms with Gasteiger partial charge in [-0.25, -0.2) is 9.97 Å². The minimum absolute atomic E-state index is 0.292. The predicted octanol–water partition coefficient (Wildman–Crippen LogP) is 0.978. The van der Waals surface area contributed by atoms with Crippen LogP contribution in [0.1, 0.15) is 13.3 Å². The molecule has 96 valence electrons. The molecule has 1 saturated heterocycles. The van der Waals surface area contributed by atoms with E-state index in [9.17, 15) is 0 Å². The molecule has 3 rings (SSSR count). The Bertz CT molecular complexity index is 552. The summed E-state index contributed by atoms with van der Waals surface area (Å²) in [7, 11) is 1.90. The topological polar surface area (TPSA) is 56.1 Å². The molecule has 2 aromatic rings. The summed E-state index contributed by atoms with van der Waals surface area (Å²) in [5.41, 5.74) is 0.875. The highest BCUT2D eigenvalue weighted by atomic mass is 16.5. The minimum atomic E-state index is 0.292. The average Bonchev–Trinajstić information content (AvgIpc) is 2.81. The van der Waals surface area contributed by atoms with Crippen molar-refractivity contribution in [2.45, 2.75) is 19.4 Å². The number of morpholine rings is 1. The third-order valence-electron chi connectivity index (χ3n) is 3.40. The summed E-state index contributed by atoms with van der Waals surface area (Å²) in [6, 6.07) is 0. The van der Waals surface area contributed by atoms with Gasteiger partial charge < -0.3 is 9.64 Å². The van der Waals surface area contributed by atoms with E-state index in [4.69, 9.17) is 4.74 Å². The van der Waals surface area contributed by atoms with Gasteiger partial charge in [0.05, 0.1) is 24.3 Å². The smallest absolute Gasteiger partial charge is 0.163 e. The van der Waals surface area contributed by atoms with Crippen LogP contribution in [0.3, 0.4) is 0 Å². The zero-order valence-corrected chi connectivity index (χ0v) is 10.7. The van der Waals surface area contributed by atoms with Crippen molar-refractivity contribution in [2.75, 3.05) is 24.6 Å². The number of rotatable bonds is 2. The molecule has 1 aliphatic heterocycles. The third-order valence-corrected chi connectivity index (χ3v) is 3.40. The number of hydrogen-bond acceptors (Lipinski definition) is 5. The molecule has 0 bridgehead atoms. The Morgan fingerprint density at radius 3 is 3.17 bits per heavy atom. The number of ether oxygens (including phenoxy) is 1. The van der Waals surface area contributed by atoms with Gasteiger partial charge in [0, 0.05) is 20.1 Å². The number of anilines is 1. The molecule has 6 heteroatoms. The highest BCUT2D eigenvalue weighted by Crippen LogP contribution is 2.24. The largest absolute Gasteiger partial charge is 0.375 e. The number of aromatic nitrogens is 4. The Kier molecular flexibility index (Phi) is 2.87. The van der Waals surface area contributed by atoms with Gasteiger partial charge in [-0.2, -0.15) is 5.10 Å². The van der Waals surface area contributed by atoms with Crippen LogP contribution in [0.25, 0.3) is 11.0 Å². The van der Waals surface area contributed by atoms with Crippen LogP contribution in [-0.2, 0) is 11.8 Å². The van der Waals surface area contributed by atoms with E-state index in [1.165, 1.54) is 0 Å². The fraction of sp³-hybridized carbons (Fsp3) is 0.583. The summed E-state index contributed by atoms with van der Waals surface area (Å²) in [4.78, 5) is 11.0. The first kappa shape index (κ1) is 11.4. The Balaban J connectivity index is 1.98. The van der Waals surface area contributed by atoms with Crippen LogP contribution in [0.15, 0.2) is 12.5 Å². The summed E-state index contributed by atoms with van der Waals surface area (Å²) >= 11 is 0. The minimum Gasteiger partial charge on any atom is -0.375 e. The van der Waals surface area contributed by atoms with E-state index in [1.807, 2.05) is 13.2 Å². The lowest BCUT2D eigenvalue weighted by Crippen LogP contribution is -2.42. The highest BCUT2D eigenvalue weighted by Gasteiger charge is 2.22. The van der Waals surface area contributed by atoms with Gasteiger partial charge in [0.2, 0.25) is 0 Å². The van der Waals surface area contributed by atoms with E-state index in [0.717, 1.165) is 43.0 Å². The second kappa shape index (κ2) is 4.53. The molecule has 0 radical (unpaired) electrons. The molecule has 3 heterocycles. The maximum atomic E-state index is 5.69. The highest BCUT2D eigenvalue weighted by molar-refractivity contribution is 5.86. The maximum absolute atomic E-state index is 5.69. The zero-order valence-electron chi connectivity index (χ0n) is 10.7. The van der Waals surface area contributed by atoms with Crippen molar-refractivity contribution in [1.29, 1.82) is 0 Å². The summed E-state index contributed by atoms with van der Waals surface area (Å²) in [6.45, 7) is 4.66. The standard InChI is InChI=1S/C12H17N5O/c1-3-9-7-17(4-5-18-9)12-10-6-15-16(2)11(10)13-8-14-12/h6,8-9H,3-5,7H2,1-2H3. The predicted molar refractivity (Wildman–Crippen MR) is 68.5 cm³/mol. The SMILES string of the molecule is CCC1CN(c2ncnc3c2cnn3C)CCO1. The van der Waals surface area contributed by atoms with Crippen molar-refractivity contribution in [3.8, 4) is 0 Å². The molecular formula is C12H17N5O. The lowest BCUT2D eigenvalue weighted by molar-refractivity contribution is 0.0382. The molecule has 6 nitrogen and oxygen atoms in total. The van der Waals surface area contributed by atoms with Crippen LogP contribution in [0.5, 0.6) is 0 Å².